The summed E-state index contributed by atoms with van der Waals surface area (Å²) in [6, 6.07) is 0.236. The van der Waals surface area contributed by atoms with Crippen LogP contribution in [0.5, 0.6) is 0 Å². The van der Waals surface area contributed by atoms with Crippen molar-refractivity contribution in [3.05, 3.63) is 0 Å². The first-order valence-corrected chi connectivity index (χ1v) is 7.52. The Morgan fingerprint density at radius 1 is 1.32 bits per heavy atom. The maximum absolute atomic E-state index is 12.6. The number of ether oxygens (including phenoxy) is 1. The van der Waals surface area contributed by atoms with Crippen molar-refractivity contribution in [3.63, 3.8) is 0 Å². The molecule has 19 heavy (non-hydrogen) atoms. The van der Waals surface area contributed by atoms with Gasteiger partial charge in [-0.15, -0.1) is 0 Å². The van der Waals surface area contributed by atoms with E-state index in [4.69, 9.17) is 4.74 Å². The van der Waals surface area contributed by atoms with Crippen LogP contribution >= 0.6 is 0 Å². The summed E-state index contributed by atoms with van der Waals surface area (Å²) < 4.78 is 5.10. The summed E-state index contributed by atoms with van der Waals surface area (Å²) in [4.78, 5) is 14.5. The molecule has 1 amide bonds. The summed E-state index contributed by atoms with van der Waals surface area (Å²) in [5, 5.41) is 3.42. The van der Waals surface area contributed by atoms with E-state index < -0.39 is 0 Å². The first-order valence-electron chi connectivity index (χ1n) is 7.52. The molecule has 112 valence electrons. The molecule has 1 fully saturated rings. The molecule has 1 aliphatic rings. The zero-order valence-electron chi connectivity index (χ0n) is 13.0. The number of carbonyl (C=O) groups excluding carboxylic acids is 1. The minimum absolute atomic E-state index is 0.0234. The second-order valence-corrected chi connectivity index (χ2v) is 5.94. The van der Waals surface area contributed by atoms with Crippen LogP contribution in [0.3, 0.4) is 0 Å². The first-order chi connectivity index (χ1) is 9.04. The number of hydrogen-bond acceptors (Lipinski definition) is 3. The molecule has 4 heteroatoms. The summed E-state index contributed by atoms with van der Waals surface area (Å²) in [5.41, 5.74) is 0.0234. The molecule has 4 nitrogen and oxygen atoms in total. The quantitative estimate of drug-likeness (QED) is 0.771. The fourth-order valence-electron chi connectivity index (χ4n) is 3.00. The van der Waals surface area contributed by atoms with Crippen molar-refractivity contribution in [3.8, 4) is 0 Å². The van der Waals surface area contributed by atoms with Crippen LogP contribution in [-0.2, 0) is 9.53 Å². The molecule has 1 aliphatic carbocycles. The summed E-state index contributed by atoms with van der Waals surface area (Å²) in [7, 11) is 3.67. The zero-order valence-corrected chi connectivity index (χ0v) is 13.0. The summed E-state index contributed by atoms with van der Waals surface area (Å²) in [6.45, 7) is 5.43. The lowest BCUT2D eigenvalue weighted by Gasteiger charge is -2.39. The molecule has 0 heterocycles. The van der Waals surface area contributed by atoms with Gasteiger partial charge in [0.1, 0.15) is 0 Å². The van der Waals surface area contributed by atoms with Gasteiger partial charge in [0.05, 0.1) is 6.61 Å². The van der Waals surface area contributed by atoms with Crippen molar-refractivity contribution in [2.24, 2.45) is 0 Å². The molecule has 0 unspecified atom stereocenters. The maximum Gasteiger partial charge on any atom is 0.224 e. The number of hydrogen-bond donors (Lipinski definition) is 1. The highest BCUT2D eigenvalue weighted by Crippen LogP contribution is 2.31. The highest BCUT2D eigenvalue weighted by molar-refractivity contribution is 5.77. The lowest BCUT2D eigenvalue weighted by molar-refractivity contribution is -0.135. The van der Waals surface area contributed by atoms with Crippen LogP contribution in [0.15, 0.2) is 0 Å². The molecule has 1 saturated carbocycles. The third kappa shape index (κ3) is 4.77. The predicted molar refractivity (Wildman–Crippen MR) is 78.2 cm³/mol. The maximum atomic E-state index is 12.6. The highest BCUT2D eigenvalue weighted by Gasteiger charge is 2.34. The topological polar surface area (TPSA) is 41.6 Å². The van der Waals surface area contributed by atoms with Crippen molar-refractivity contribution in [1.82, 2.24) is 10.2 Å². The lowest BCUT2D eigenvalue weighted by atomic mass is 9.79. The zero-order chi connectivity index (χ0) is 14.3. The standard InChI is InChI=1S/C15H30N2O2/c1-13(2)17(10-11-19-4)14(18)12-15(16-3)8-6-5-7-9-15/h13,16H,5-12H2,1-4H3. The van der Waals surface area contributed by atoms with Crippen molar-refractivity contribution < 1.29 is 9.53 Å². The van der Waals surface area contributed by atoms with Crippen molar-refractivity contribution in [2.75, 3.05) is 27.3 Å². The number of amides is 1. The monoisotopic (exact) mass is 270 g/mol. The van der Waals surface area contributed by atoms with E-state index in [2.05, 4.69) is 19.2 Å². The van der Waals surface area contributed by atoms with Gasteiger partial charge in [0.25, 0.3) is 0 Å². The molecule has 0 saturated heterocycles. The Bertz CT molecular complexity index is 273. The fourth-order valence-corrected chi connectivity index (χ4v) is 3.00. The fraction of sp³-hybridized carbons (Fsp3) is 0.933. The van der Waals surface area contributed by atoms with E-state index >= 15 is 0 Å². The molecule has 0 aromatic rings. The molecule has 1 N–H and O–H groups in total. The highest BCUT2D eigenvalue weighted by atomic mass is 16.5. The number of carbonyl (C=O) groups is 1. The third-order valence-corrected chi connectivity index (χ3v) is 4.31. The van der Waals surface area contributed by atoms with Crippen molar-refractivity contribution in [1.29, 1.82) is 0 Å². The van der Waals surface area contributed by atoms with Crippen LogP contribution in [0.2, 0.25) is 0 Å². The van der Waals surface area contributed by atoms with Gasteiger partial charge < -0.3 is 15.0 Å². The molecule has 0 aliphatic heterocycles. The Balaban J connectivity index is 2.62. The smallest absolute Gasteiger partial charge is 0.224 e. The Hall–Kier alpha value is -0.610. The predicted octanol–water partition coefficient (Wildman–Crippen LogP) is 2.18. The molecule has 0 atom stereocenters. The average Bonchev–Trinajstić information content (AvgIpc) is 2.39. The minimum Gasteiger partial charge on any atom is -0.383 e. The van der Waals surface area contributed by atoms with Crippen molar-refractivity contribution in [2.45, 2.75) is 64.0 Å². The van der Waals surface area contributed by atoms with Gasteiger partial charge in [-0.2, -0.15) is 0 Å². The second kappa shape index (κ2) is 7.85. The minimum atomic E-state index is 0.0234. The van der Waals surface area contributed by atoms with Gasteiger partial charge in [-0.3, -0.25) is 4.79 Å². The summed E-state index contributed by atoms with van der Waals surface area (Å²) in [6.07, 6.45) is 6.61. The lowest BCUT2D eigenvalue weighted by Crippen LogP contribution is -2.50. The molecule has 0 spiro atoms. The van der Waals surface area contributed by atoms with Gasteiger partial charge in [0.15, 0.2) is 0 Å². The molecular weight excluding hydrogens is 240 g/mol. The SMILES string of the molecule is CNC1(CC(=O)N(CCOC)C(C)C)CCCCC1. The van der Waals surface area contributed by atoms with E-state index in [-0.39, 0.29) is 17.5 Å². The molecule has 0 aromatic heterocycles. The number of nitrogens with one attached hydrogen (secondary N) is 1. The van der Waals surface area contributed by atoms with E-state index in [0.717, 1.165) is 12.8 Å². The molecule has 0 radical (unpaired) electrons. The van der Waals surface area contributed by atoms with Gasteiger partial charge in [0.2, 0.25) is 5.91 Å². The first kappa shape index (κ1) is 16.4. The Morgan fingerprint density at radius 3 is 2.42 bits per heavy atom. The van der Waals surface area contributed by atoms with Crippen LogP contribution in [0, 0.1) is 0 Å². The van der Waals surface area contributed by atoms with Crippen molar-refractivity contribution >= 4 is 5.91 Å². The summed E-state index contributed by atoms with van der Waals surface area (Å²) in [5.74, 6) is 0.253. The summed E-state index contributed by atoms with van der Waals surface area (Å²) >= 11 is 0. The van der Waals surface area contributed by atoms with E-state index in [9.17, 15) is 4.79 Å². The molecule has 1 rings (SSSR count). The van der Waals surface area contributed by atoms with Gasteiger partial charge >= 0.3 is 0 Å². The van der Waals surface area contributed by atoms with Crippen LogP contribution in [0.1, 0.15) is 52.4 Å². The number of nitrogens with zero attached hydrogens (tertiary/aromatic N) is 1. The van der Waals surface area contributed by atoms with E-state index in [1.165, 1.54) is 19.3 Å². The normalized spacial score (nSPS) is 18.6. The second-order valence-electron chi connectivity index (χ2n) is 5.94. The van der Waals surface area contributed by atoms with E-state index in [1.54, 1.807) is 7.11 Å². The van der Waals surface area contributed by atoms with Crippen LogP contribution in [0.25, 0.3) is 0 Å². The molecule has 0 aromatic carbocycles. The van der Waals surface area contributed by atoms with Gasteiger partial charge in [-0.25, -0.2) is 0 Å². The van der Waals surface area contributed by atoms with Crippen LogP contribution < -0.4 is 5.32 Å². The molecular formula is C15H30N2O2. The van der Waals surface area contributed by atoms with E-state index in [0.29, 0.717) is 19.6 Å². The Kier molecular flexibility index (Phi) is 6.80. The van der Waals surface area contributed by atoms with Crippen LogP contribution in [-0.4, -0.2) is 49.7 Å². The van der Waals surface area contributed by atoms with E-state index in [1.807, 2.05) is 11.9 Å². The van der Waals surface area contributed by atoms with Gasteiger partial charge in [-0.1, -0.05) is 19.3 Å². The van der Waals surface area contributed by atoms with Gasteiger partial charge in [0, 0.05) is 31.7 Å². The van der Waals surface area contributed by atoms with Crippen LogP contribution in [0.4, 0.5) is 0 Å². The number of rotatable bonds is 7. The third-order valence-electron chi connectivity index (χ3n) is 4.31. The van der Waals surface area contributed by atoms with Gasteiger partial charge in [-0.05, 0) is 33.7 Å². The average molecular weight is 270 g/mol. The Morgan fingerprint density at radius 2 is 1.95 bits per heavy atom. The Labute approximate surface area is 117 Å². The largest absolute Gasteiger partial charge is 0.383 e. The molecule has 0 bridgehead atoms. The number of methoxy groups -OCH3 is 1.